The third-order valence-corrected chi connectivity index (χ3v) is 5.94. The molecule has 1 fully saturated rings. The quantitative estimate of drug-likeness (QED) is 0.318. The van der Waals surface area contributed by atoms with Gasteiger partial charge in [-0.3, -0.25) is 24.5 Å². The van der Waals surface area contributed by atoms with Crippen molar-refractivity contribution in [3.05, 3.63) is 68.2 Å². The van der Waals surface area contributed by atoms with E-state index in [-0.39, 0.29) is 17.9 Å². The van der Waals surface area contributed by atoms with Crippen molar-refractivity contribution in [1.82, 2.24) is 0 Å². The summed E-state index contributed by atoms with van der Waals surface area (Å²) in [6.07, 6.45) is 0. The Morgan fingerprint density at radius 1 is 1.21 bits per heavy atom. The molecule has 2 aromatic rings. The number of ether oxygens (including phenoxy) is 1. The standard InChI is InChI=1S/C20H15BrN2O6/c1-2-29-18(25)16-15(17(24)10-3-6-12(7-4-10)23(27)28)20(16)13-9-11(21)5-8-14(13)22-19(20)26/h3-9,15-16H,2H2,1H3,(H,22,26)/t15-,16-,20?/m1/s1. The molecular formula is C20H15BrN2O6. The number of Topliss-reactive ketones (excluding diaryl/α,β-unsaturated/α-hetero) is 1. The summed E-state index contributed by atoms with van der Waals surface area (Å²) in [5.41, 5.74) is -0.184. The van der Waals surface area contributed by atoms with Crippen molar-refractivity contribution in [2.45, 2.75) is 12.3 Å². The summed E-state index contributed by atoms with van der Waals surface area (Å²) >= 11 is 3.37. The number of non-ortho nitro benzene ring substituents is 1. The number of amides is 1. The smallest absolute Gasteiger partial charge is 0.311 e. The Labute approximate surface area is 173 Å². The molecule has 29 heavy (non-hydrogen) atoms. The fourth-order valence-electron chi connectivity index (χ4n) is 4.16. The topological polar surface area (TPSA) is 116 Å². The Bertz CT molecular complexity index is 1070. The summed E-state index contributed by atoms with van der Waals surface area (Å²) < 4.78 is 5.85. The zero-order valence-electron chi connectivity index (χ0n) is 15.2. The number of rotatable bonds is 5. The number of fused-ring (bicyclic) bond motifs is 2. The van der Waals surface area contributed by atoms with Gasteiger partial charge in [0.15, 0.2) is 5.78 Å². The van der Waals surface area contributed by atoms with E-state index in [9.17, 15) is 24.5 Å². The molecule has 1 N–H and O–H groups in total. The monoisotopic (exact) mass is 458 g/mol. The Kier molecular flexibility index (Phi) is 4.49. The van der Waals surface area contributed by atoms with E-state index < -0.39 is 39.8 Å². The first-order valence-electron chi connectivity index (χ1n) is 8.89. The van der Waals surface area contributed by atoms with Gasteiger partial charge in [0.25, 0.3) is 5.69 Å². The van der Waals surface area contributed by atoms with Crippen molar-refractivity contribution in [3.8, 4) is 0 Å². The van der Waals surface area contributed by atoms with Crippen LogP contribution in [0.15, 0.2) is 46.9 Å². The highest BCUT2D eigenvalue weighted by Crippen LogP contribution is 2.66. The number of carbonyl (C=O) groups excluding carboxylic acids is 3. The maximum atomic E-state index is 13.2. The third-order valence-electron chi connectivity index (χ3n) is 5.44. The van der Waals surface area contributed by atoms with Crippen molar-refractivity contribution in [2.24, 2.45) is 11.8 Å². The van der Waals surface area contributed by atoms with Gasteiger partial charge in [0, 0.05) is 27.9 Å². The first kappa shape index (κ1) is 19.3. The molecule has 3 atom stereocenters. The summed E-state index contributed by atoms with van der Waals surface area (Å²) in [4.78, 5) is 49.1. The van der Waals surface area contributed by atoms with Gasteiger partial charge in [0.2, 0.25) is 5.91 Å². The molecule has 0 saturated heterocycles. The number of hydrogen-bond acceptors (Lipinski definition) is 6. The number of hydrogen-bond donors (Lipinski definition) is 1. The lowest BCUT2D eigenvalue weighted by Crippen LogP contribution is -2.26. The SMILES string of the molecule is CCOC(=O)[C@H]1[C@H](C(=O)c2ccc([N+](=O)[O-])cc2)C12C(=O)Nc1ccc(Br)cc12. The molecule has 4 rings (SSSR count). The second-order valence-electron chi connectivity index (χ2n) is 6.89. The van der Waals surface area contributed by atoms with Crippen molar-refractivity contribution < 1.29 is 24.0 Å². The molecule has 9 heteroatoms. The molecular weight excluding hydrogens is 444 g/mol. The zero-order chi connectivity index (χ0) is 20.9. The van der Waals surface area contributed by atoms with Gasteiger partial charge in [-0.25, -0.2) is 0 Å². The maximum absolute atomic E-state index is 13.2. The van der Waals surface area contributed by atoms with Crippen LogP contribution in [0.5, 0.6) is 0 Å². The van der Waals surface area contributed by atoms with Gasteiger partial charge in [0.05, 0.1) is 23.4 Å². The van der Waals surface area contributed by atoms with Gasteiger partial charge in [0.1, 0.15) is 5.41 Å². The van der Waals surface area contributed by atoms with E-state index in [2.05, 4.69) is 21.2 Å². The number of nitro groups is 1. The van der Waals surface area contributed by atoms with Gasteiger partial charge in [-0.2, -0.15) is 0 Å². The fourth-order valence-corrected chi connectivity index (χ4v) is 4.52. The van der Waals surface area contributed by atoms with E-state index in [0.29, 0.717) is 15.7 Å². The lowest BCUT2D eigenvalue weighted by molar-refractivity contribution is -0.384. The van der Waals surface area contributed by atoms with Crippen molar-refractivity contribution in [3.63, 3.8) is 0 Å². The lowest BCUT2D eigenvalue weighted by atomic mass is 9.91. The summed E-state index contributed by atoms with van der Waals surface area (Å²) in [6, 6.07) is 10.3. The maximum Gasteiger partial charge on any atom is 0.311 e. The minimum Gasteiger partial charge on any atom is -0.466 e. The Morgan fingerprint density at radius 3 is 2.52 bits per heavy atom. The van der Waals surface area contributed by atoms with E-state index in [1.165, 1.54) is 24.3 Å². The molecule has 1 saturated carbocycles. The minimum atomic E-state index is -1.34. The number of benzene rings is 2. The Morgan fingerprint density at radius 2 is 1.90 bits per heavy atom. The van der Waals surface area contributed by atoms with E-state index in [4.69, 9.17) is 4.74 Å². The molecule has 1 unspecified atom stereocenters. The van der Waals surface area contributed by atoms with Crippen LogP contribution in [0.3, 0.4) is 0 Å². The highest BCUT2D eigenvalue weighted by Gasteiger charge is 2.79. The summed E-state index contributed by atoms with van der Waals surface area (Å²) in [6.45, 7) is 1.77. The number of nitrogens with one attached hydrogen (secondary N) is 1. The van der Waals surface area contributed by atoms with Crippen LogP contribution in [0.1, 0.15) is 22.8 Å². The summed E-state index contributed by atoms with van der Waals surface area (Å²) in [5.74, 6) is -3.38. The fraction of sp³-hybridized carbons (Fsp3) is 0.250. The molecule has 1 heterocycles. The number of esters is 1. The number of anilines is 1. The molecule has 2 aliphatic rings. The van der Waals surface area contributed by atoms with E-state index in [1.807, 2.05) is 0 Å². The first-order valence-corrected chi connectivity index (χ1v) is 9.68. The molecule has 148 valence electrons. The van der Waals surface area contributed by atoms with Crippen LogP contribution in [0.4, 0.5) is 11.4 Å². The van der Waals surface area contributed by atoms with E-state index in [1.54, 1.807) is 25.1 Å². The second kappa shape index (κ2) is 6.77. The number of halogens is 1. The average Bonchev–Trinajstić information content (AvgIpc) is 3.32. The van der Waals surface area contributed by atoms with Gasteiger partial charge in [-0.05, 0) is 42.8 Å². The summed E-state index contributed by atoms with van der Waals surface area (Å²) in [7, 11) is 0. The molecule has 0 bridgehead atoms. The number of carbonyl (C=O) groups is 3. The van der Waals surface area contributed by atoms with Crippen LogP contribution in [0.2, 0.25) is 0 Å². The molecule has 1 aliphatic carbocycles. The molecule has 1 aliphatic heterocycles. The van der Waals surface area contributed by atoms with E-state index >= 15 is 0 Å². The highest BCUT2D eigenvalue weighted by atomic mass is 79.9. The van der Waals surface area contributed by atoms with Crippen LogP contribution >= 0.6 is 15.9 Å². The minimum absolute atomic E-state index is 0.122. The van der Waals surface area contributed by atoms with Gasteiger partial charge in [-0.1, -0.05) is 15.9 Å². The molecule has 0 radical (unpaired) electrons. The van der Waals surface area contributed by atoms with Crippen molar-refractivity contribution >= 4 is 45.0 Å². The third kappa shape index (κ3) is 2.76. The highest BCUT2D eigenvalue weighted by molar-refractivity contribution is 9.10. The molecule has 0 aromatic heterocycles. The zero-order valence-corrected chi connectivity index (χ0v) is 16.8. The normalized spacial score (nSPS) is 24.0. The predicted molar refractivity (Wildman–Crippen MR) is 105 cm³/mol. The predicted octanol–water partition coefficient (Wildman–Crippen LogP) is 3.24. The summed E-state index contributed by atoms with van der Waals surface area (Å²) in [5, 5.41) is 13.6. The van der Waals surface area contributed by atoms with Gasteiger partial charge in [-0.15, -0.1) is 0 Å². The molecule has 2 aromatic carbocycles. The van der Waals surface area contributed by atoms with Gasteiger partial charge < -0.3 is 10.1 Å². The molecule has 1 spiro atoms. The van der Waals surface area contributed by atoms with Crippen LogP contribution < -0.4 is 5.32 Å². The van der Waals surface area contributed by atoms with Crippen LogP contribution in [0.25, 0.3) is 0 Å². The average molecular weight is 459 g/mol. The van der Waals surface area contributed by atoms with Gasteiger partial charge >= 0.3 is 5.97 Å². The Hall–Kier alpha value is -3.07. The van der Waals surface area contributed by atoms with Crippen molar-refractivity contribution in [2.75, 3.05) is 11.9 Å². The number of ketones is 1. The van der Waals surface area contributed by atoms with Crippen molar-refractivity contribution in [1.29, 1.82) is 0 Å². The van der Waals surface area contributed by atoms with E-state index in [0.717, 1.165) is 0 Å². The van der Waals surface area contributed by atoms with Crippen LogP contribution in [-0.4, -0.2) is 29.2 Å². The van der Waals surface area contributed by atoms with Crippen LogP contribution in [-0.2, 0) is 19.7 Å². The van der Waals surface area contributed by atoms with Crippen LogP contribution in [0, 0.1) is 22.0 Å². The first-order chi connectivity index (χ1) is 13.8. The molecule has 1 amide bonds. The second-order valence-corrected chi connectivity index (χ2v) is 7.80. The Balaban J connectivity index is 1.78. The molecule has 8 nitrogen and oxygen atoms in total. The number of nitrogens with zero attached hydrogens (tertiary/aromatic N) is 1. The number of nitro benzene ring substituents is 1. The largest absolute Gasteiger partial charge is 0.466 e. The lowest BCUT2D eigenvalue weighted by Gasteiger charge is -2.09.